The summed E-state index contributed by atoms with van der Waals surface area (Å²) in [7, 11) is 0. The monoisotopic (exact) mass is 602 g/mol. The molecule has 0 N–H and O–H groups in total. The molecule has 9 rings (SSSR count). The van der Waals surface area contributed by atoms with Crippen LogP contribution in [0.3, 0.4) is 0 Å². The van der Waals surface area contributed by atoms with E-state index in [1.54, 1.807) is 0 Å². The topological polar surface area (TPSA) is 8.17 Å². The normalized spacial score (nSPS) is 13.1. The molecule has 1 aliphatic carbocycles. The standard InChI is InChI=1S/C45H34N2/c1-45(2)39-23-11-9-22-37(39)44-40(45)24-14-26-43(44)46(34-20-13-17-32(29-34)31-15-5-3-6-16-31)35-27-28-42-38(30-35)36-21-10-12-25-41(36)47(42)33-18-7-4-8-19-33/h3-30H,1-2H3. The molecule has 1 aliphatic rings. The van der Waals surface area contributed by atoms with Crippen LogP contribution in [0.25, 0.3) is 49.7 Å². The highest BCUT2D eigenvalue weighted by Gasteiger charge is 2.37. The zero-order valence-corrected chi connectivity index (χ0v) is 26.6. The van der Waals surface area contributed by atoms with E-state index in [0.717, 1.165) is 11.4 Å². The van der Waals surface area contributed by atoms with Gasteiger partial charge in [-0.3, -0.25) is 0 Å². The van der Waals surface area contributed by atoms with E-state index in [1.165, 1.54) is 66.6 Å². The average Bonchev–Trinajstić information content (AvgIpc) is 3.58. The van der Waals surface area contributed by atoms with Gasteiger partial charge in [-0.25, -0.2) is 0 Å². The van der Waals surface area contributed by atoms with Gasteiger partial charge in [-0.2, -0.15) is 0 Å². The van der Waals surface area contributed by atoms with Gasteiger partial charge in [-0.15, -0.1) is 0 Å². The van der Waals surface area contributed by atoms with Gasteiger partial charge >= 0.3 is 0 Å². The largest absolute Gasteiger partial charge is 0.310 e. The second-order valence-corrected chi connectivity index (χ2v) is 13.0. The van der Waals surface area contributed by atoms with Gasteiger partial charge in [0.2, 0.25) is 0 Å². The summed E-state index contributed by atoms with van der Waals surface area (Å²) in [6, 6.07) is 61.8. The van der Waals surface area contributed by atoms with Crippen molar-refractivity contribution in [2.24, 2.45) is 0 Å². The van der Waals surface area contributed by atoms with Crippen molar-refractivity contribution in [3.05, 3.63) is 181 Å². The summed E-state index contributed by atoms with van der Waals surface area (Å²) in [6.45, 7) is 4.71. The summed E-state index contributed by atoms with van der Waals surface area (Å²) in [5, 5.41) is 2.48. The molecule has 47 heavy (non-hydrogen) atoms. The molecule has 7 aromatic carbocycles. The van der Waals surface area contributed by atoms with E-state index >= 15 is 0 Å². The van der Waals surface area contributed by atoms with Crippen molar-refractivity contribution in [3.8, 4) is 27.9 Å². The first-order valence-corrected chi connectivity index (χ1v) is 16.4. The Labute approximate surface area is 275 Å². The minimum atomic E-state index is -0.0907. The van der Waals surface area contributed by atoms with Crippen molar-refractivity contribution in [1.82, 2.24) is 4.57 Å². The van der Waals surface area contributed by atoms with Gasteiger partial charge in [-0.05, 0) is 82.4 Å². The minimum Gasteiger partial charge on any atom is -0.310 e. The van der Waals surface area contributed by atoms with Crippen LogP contribution in [0.2, 0.25) is 0 Å². The third kappa shape index (κ3) is 4.26. The molecule has 2 nitrogen and oxygen atoms in total. The Morgan fingerprint density at radius 3 is 1.96 bits per heavy atom. The predicted octanol–water partition coefficient (Wildman–Crippen LogP) is 12.2. The van der Waals surface area contributed by atoms with Gasteiger partial charge in [-0.1, -0.05) is 129 Å². The Bertz CT molecular complexity index is 2430. The second-order valence-electron chi connectivity index (χ2n) is 13.0. The third-order valence-corrected chi connectivity index (χ3v) is 9.97. The molecule has 8 aromatic rings. The summed E-state index contributed by atoms with van der Waals surface area (Å²) in [6.07, 6.45) is 0. The van der Waals surface area contributed by atoms with E-state index < -0.39 is 0 Å². The number of hydrogen-bond donors (Lipinski definition) is 0. The molecule has 1 aromatic heterocycles. The van der Waals surface area contributed by atoms with Crippen molar-refractivity contribution in [2.75, 3.05) is 4.90 Å². The van der Waals surface area contributed by atoms with E-state index in [9.17, 15) is 0 Å². The molecule has 0 spiro atoms. The van der Waals surface area contributed by atoms with Gasteiger partial charge in [0.05, 0.1) is 16.7 Å². The van der Waals surface area contributed by atoms with Gasteiger partial charge in [0, 0.05) is 38.8 Å². The smallest absolute Gasteiger partial charge is 0.0543 e. The maximum absolute atomic E-state index is 2.47. The van der Waals surface area contributed by atoms with Crippen LogP contribution in [0.5, 0.6) is 0 Å². The van der Waals surface area contributed by atoms with Crippen LogP contribution in [0.1, 0.15) is 25.0 Å². The van der Waals surface area contributed by atoms with Crippen LogP contribution in [0, 0.1) is 0 Å². The number of benzene rings is 7. The molecular weight excluding hydrogens is 569 g/mol. The Kier molecular flexibility index (Phi) is 6.20. The van der Waals surface area contributed by atoms with Gasteiger partial charge < -0.3 is 9.47 Å². The van der Waals surface area contributed by atoms with Crippen LogP contribution >= 0.6 is 0 Å². The molecule has 0 amide bonds. The number of aromatic nitrogens is 1. The van der Waals surface area contributed by atoms with E-state index in [4.69, 9.17) is 0 Å². The molecule has 2 heteroatoms. The van der Waals surface area contributed by atoms with Crippen LogP contribution in [-0.2, 0) is 5.41 Å². The van der Waals surface area contributed by atoms with Crippen LogP contribution in [0.15, 0.2) is 170 Å². The van der Waals surface area contributed by atoms with Crippen molar-refractivity contribution >= 4 is 38.9 Å². The summed E-state index contributed by atoms with van der Waals surface area (Å²) >= 11 is 0. The number of rotatable bonds is 5. The van der Waals surface area contributed by atoms with Crippen molar-refractivity contribution < 1.29 is 0 Å². The summed E-state index contributed by atoms with van der Waals surface area (Å²) < 4.78 is 2.38. The van der Waals surface area contributed by atoms with E-state index in [2.05, 4.69) is 193 Å². The highest BCUT2D eigenvalue weighted by atomic mass is 15.1. The lowest BCUT2D eigenvalue weighted by Crippen LogP contribution is -2.16. The molecule has 0 saturated carbocycles. The number of fused-ring (bicyclic) bond motifs is 6. The first-order valence-electron chi connectivity index (χ1n) is 16.4. The predicted molar refractivity (Wildman–Crippen MR) is 198 cm³/mol. The van der Waals surface area contributed by atoms with Gasteiger partial charge in [0.1, 0.15) is 0 Å². The van der Waals surface area contributed by atoms with Crippen LogP contribution < -0.4 is 4.90 Å². The summed E-state index contributed by atoms with van der Waals surface area (Å²) in [4.78, 5) is 2.47. The molecule has 0 bridgehead atoms. The first kappa shape index (κ1) is 27.5. The quantitative estimate of drug-likeness (QED) is 0.190. The Morgan fingerprint density at radius 1 is 0.468 bits per heavy atom. The molecule has 0 aliphatic heterocycles. The minimum absolute atomic E-state index is 0.0907. The maximum atomic E-state index is 2.47. The second kappa shape index (κ2) is 10.6. The van der Waals surface area contributed by atoms with E-state index in [-0.39, 0.29) is 5.41 Å². The molecular formula is C45H34N2. The SMILES string of the molecule is CC1(C)c2ccccc2-c2c(N(c3cccc(-c4ccccc4)c3)c3ccc4c(c3)c3ccccc3n4-c3ccccc3)cccc21. The number of hydrogen-bond acceptors (Lipinski definition) is 1. The lowest BCUT2D eigenvalue weighted by Gasteiger charge is -2.29. The molecule has 0 radical (unpaired) electrons. The molecule has 1 heterocycles. The van der Waals surface area contributed by atoms with Gasteiger partial charge in [0.25, 0.3) is 0 Å². The average molecular weight is 603 g/mol. The number of anilines is 3. The Morgan fingerprint density at radius 2 is 1.11 bits per heavy atom. The molecule has 224 valence electrons. The fraction of sp³-hybridized carbons (Fsp3) is 0.0667. The zero-order chi connectivity index (χ0) is 31.5. The molecule has 0 saturated heterocycles. The van der Waals surface area contributed by atoms with Gasteiger partial charge in [0.15, 0.2) is 0 Å². The first-order chi connectivity index (χ1) is 23.1. The van der Waals surface area contributed by atoms with Crippen molar-refractivity contribution in [2.45, 2.75) is 19.3 Å². The zero-order valence-electron chi connectivity index (χ0n) is 26.6. The van der Waals surface area contributed by atoms with E-state index in [1.807, 2.05) is 0 Å². The van der Waals surface area contributed by atoms with Crippen molar-refractivity contribution in [1.29, 1.82) is 0 Å². The third-order valence-electron chi connectivity index (χ3n) is 9.97. The molecule has 0 atom stereocenters. The summed E-state index contributed by atoms with van der Waals surface area (Å²) in [5.74, 6) is 0. The summed E-state index contributed by atoms with van der Waals surface area (Å²) in [5.41, 5.74) is 14.7. The Balaban J connectivity index is 1.33. The lowest BCUT2D eigenvalue weighted by atomic mass is 9.82. The number of nitrogens with zero attached hydrogens (tertiary/aromatic N) is 2. The van der Waals surface area contributed by atoms with E-state index in [0.29, 0.717) is 0 Å². The fourth-order valence-electron chi connectivity index (χ4n) is 7.76. The van der Waals surface area contributed by atoms with Crippen LogP contribution in [-0.4, -0.2) is 4.57 Å². The molecule has 0 unspecified atom stereocenters. The number of para-hydroxylation sites is 2. The highest BCUT2D eigenvalue weighted by Crippen LogP contribution is 2.54. The highest BCUT2D eigenvalue weighted by molar-refractivity contribution is 6.11. The molecule has 0 fully saturated rings. The lowest BCUT2D eigenvalue weighted by molar-refractivity contribution is 0.660. The fourth-order valence-corrected chi connectivity index (χ4v) is 7.76. The van der Waals surface area contributed by atoms with Crippen LogP contribution in [0.4, 0.5) is 17.1 Å². The maximum Gasteiger partial charge on any atom is 0.0543 e. The Hall–Kier alpha value is -5.86. The van der Waals surface area contributed by atoms with Crippen molar-refractivity contribution in [3.63, 3.8) is 0 Å².